The second kappa shape index (κ2) is 5.26. The molecule has 0 bridgehead atoms. The number of nitrogens with zero attached hydrogens (tertiary/aromatic N) is 1. The van der Waals surface area contributed by atoms with Crippen molar-refractivity contribution in [3.8, 4) is 17.0 Å². The number of fused-ring (bicyclic) bond motifs is 1. The van der Waals surface area contributed by atoms with Gasteiger partial charge in [0.05, 0.1) is 5.69 Å². The van der Waals surface area contributed by atoms with Crippen molar-refractivity contribution in [3.05, 3.63) is 54.6 Å². The van der Waals surface area contributed by atoms with Gasteiger partial charge in [-0.05, 0) is 19.1 Å². The second-order valence-corrected chi connectivity index (χ2v) is 5.72. The fourth-order valence-corrected chi connectivity index (χ4v) is 2.33. The Hall–Kier alpha value is -2.26. The number of hydrogen-bond donors (Lipinski definition) is 1. The number of aromatic nitrogens is 1. The van der Waals surface area contributed by atoms with Gasteiger partial charge in [0.1, 0.15) is 20.6 Å². The third-order valence-electron chi connectivity index (χ3n) is 3.82. The molecule has 0 amide bonds. The molecule has 108 valence electrons. The molecule has 0 saturated carbocycles. The highest BCUT2D eigenvalue weighted by Gasteiger charge is 2.22. The minimum absolute atomic E-state index is 0.488. The molecule has 0 aliphatic rings. The number of rotatable bonds is 4. The van der Waals surface area contributed by atoms with Crippen molar-refractivity contribution in [3.63, 3.8) is 0 Å². The van der Waals surface area contributed by atoms with E-state index in [1.54, 1.807) is 0 Å². The van der Waals surface area contributed by atoms with Crippen LogP contribution in [0.2, 0.25) is 0 Å². The predicted octanol–water partition coefficient (Wildman–Crippen LogP) is 4.23. The first-order valence-corrected chi connectivity index (χ1v) is 7.29. The Morgan fingerprint density at radius 3 is 2.33 bits per heavy atom. The van der Waals surface area contributed by atoms with Crippen molar-refractivity contribution >= 4 is 10.9 Å². The van der Waals surface area contributed by atoms with Crippen molar-refractivity contribution in [1.82, 2.24) is 4.98 Å². The molecule has 3 rings (SSSR count). The van der Waals surface area contributed by atoms with Gasteiger partial charge in [-0.2, -0.15) is 0 Å². The molecule has 3 nitrogen and oxygen atoms in total. The number of hydroxylamine groups is 3. The van der Waals surface area contributed by atoms with Crippen molar-refractivity contribution in [1.29, 1.82) is 0 Å². The van der Waals surface area contributed by atoms with Gasteiger partial charge in [-0.25, -0.2) is 0 Å². The Bertz CT molecular complexity index is 744. The van der Waals surface area contributed by atoms with E-state index in [1.165, 1.54) is 0 Å². The fraction of sp³-hybridized carbons (Fsp3) is 0.222. The standard InChI is InChI=1S/C18H21N2O/c1-4-20(2,3)21-18-15-12-8-9-13-16(15)19-17(18)14-10-6-5-7-11-14/h5-13,19H,4H2,1-3H3/q+1. The molecular weight excluding hydrogens is 260 g/mol. The second-order valence-electron chi connectivity index (χ2n) is 5.72. The van der Waals surface area contributed by atoms with E-state index in [2.05, 4.69) is 50.3 Å². The topological polar surface area (TPSA) is 25.0 Å². The van der Waals surface area contributed by atoms with Gasteiger partial charge >= 0.3 is 0 Å². The van der Waals surface area contributed by atoms with E-state index in [4.69, 9.17) is 4.84 Å². The molecule has 0 spiro atoms. The maximum absolute atomic E-state index is 6.30. The van der Waals surface area contributed by atoms with Gasteiger partial charge in [-0.3, -0.25) is 0 Å². The molecule has 0 fully saturated rings. The summed E-state index contributed by atoms with van der Waals surface area (Å²) in [6, 6.07) is 18.6. The number of aromatic amines is 1. The lowest BCUT2D eigenvalue weighted by atomic mass is 10.1. The van der Waals surface area contributed by atoms with Crippen LogP contribution in [0.15, 0.2) is 54.6 Å². The third kappa shape index (κ3) is 2.65. The average molecular weight is 281 g/mol. The molecule has 1 N–H and O–H groups in total. The Labute approximate surface area is 125 Å². The highest BCUT2D eigenvalue weighted by molar-refractivity contribution is 5.94. The van der Waals surface area contributed by atoms with Crippen LogP contribution in [0.3, 0.4) is 0 Å². The summed E-state index contributed by atoms with van der Waals surface area (Å²) in [4.78, 5) is 9.79. The number of para-hydroxylation sites is 1. The maximum atomic E-state index is 6.30. The van der Waals surface area contributed by atoms with Crippen LogP contribution >= 0.6 is 0 Å². The molecule has 0 radical (unpaired) electrons. The van der Waals surface area contributed by atoms with Crippen LogP contribution in [0.4, 0.5) is 0 Å². The summed E-state index contributed by atoms with van der Waals surface area (Å²) in [5.74, 6) is 0.920. The molecule has 0 unspecified atom stereocenters. The molecule has 0 aliphatic heterocycles. The highest BCUT2D eigenvalue weighted by atomic mass is 16.7. The van der Waals surface area contributed by atoms with E-state index in [0.29, 0.717) is 4.65 Å². The number of H-pyrrole nitrogens is 1. The largest absolute Gasteiger partial charge is 0.351 e. The zero-order valence-electron chi connectivity index (χ0n) is 12.8. The van der Waals surface area contributed by atoms with Crippen LogP contribution in [-0.2, 0) is 0 Å². The summed E-state index contributed by atoms with van der Waals surface area (Å²) in [6.07, 6.45) is 0. The molecule has 21 heavy (non-hydrogen) atoms. The van der Waals surface area contributed by atoms with Crippen molar-refractivity contribution in [2.75, 3.05) is 20.6 Å². The number of quaternary nitrogens is 1. The van der Waals surface area contributed by atoms with E-state index in [-0.39, 0.29) is 0 Å². The van der Waals surface area contributed by atoms with E-state index in [9.17, 15) is 0 Å². The molecule has 1 heterocycles. The summed E-state index contributed by atoms with van der Waals surface area (Å²) in [6.45, 7) is 3.02. The lowest BCUT2D eigenvalue weighted by Gasteiger charge is -2.26. The van der Waals surface area contributed by atoms with Crippen LogP contribution in [0.1, 0.15) is 6.92 Å². The SMILES string of the molecule is CC[N+](C)(C)Oc1c(-c2ccccc2)[nH]c2ccccc12. The fourth-order valence-electron chi connectivity index (χ4n) is 2.33. The first-order valence-electron chi connectivity index (χ1n) is 7.29. The van der Waals surface area contributed by atoms with Crippen molar-refractivity contribution < 1.29 is 9.48 Å². The minimum atomic E-state index is 0.488. The third-order valence-corrected chi connectivity index (χ3v) is 3.82. The lowest BCUT2D eigenvalue weighted by Crippen LogP contribution is -2.42. The zero-order valence-corrected chi connectivity index (χ0v) is 12.8. The summed E-state index contributed by atoms with van der Waals surface area (Å²) in [7, 11) is 4.13. The van der Waals surface area contributed by atoms with Gasteiger partial charge in [0.2, 0.25) is 5.75 Å². The van der Waals surface area contributed by atoms with Crippen LogP contribution in [0, 0.1) is 0 Å². The maximum Gasteiger partial charge on any atom is 0.223 e. The van der Waals surface area contributed by atoms with Gasteiger partial charge in [0.25, 0.3) is 0 Å². The summed E-state index contributed by atoms with van der Waals surface area (Å²) in [5, 5.41) is 1.12. The Morgan fingerprint density at radius 2 is 1.62 bits per heavy atom. The van der Waals surface area contributed by atoms with Gasteiger partial charge in [0, 0.05) is 16.5 Å². The Kier molecular flexibility index (Phi) is 3.43. The lowest BCUT2D eigenvalue weighted by molar-refractivity contribution is -1.05. The van der Waals surface area contributed by atoms with Gasteiger partial charge in [0.15, 0.2) is 0 Å². The van der Waals surface area contributed by atoms with Crippen LogP contribution in [-0.4, -0.2) is 30.3 Å². The Morgan fingerprint density at radius 1 is 0.952 bits per heavy atom. The molecule has 3 heteroatoms. The molecule has 2 aromatic carbocycles. The summed E-state index contributed by atoms with van der Waals surface area (Å²) in [5.41, 5.74) is 3.28. The smallest absolute Gasteiger partial charge is 0.223 e. The van der Waals surface area contributed by atoms with Crippen LogP contribution < -0.4 is 4.84 Å². The molecular formula is C18H21N2O+. The van der Waals surface area contributed by atoms with Crippen LogP contribution in [0.5, 0.6) is 5.75 Å². The molecule has 0 aliphatic carbocycles. The number of hydrogen-bond acceptors (Lipinski definition) is 1. The summed E-state index contributed by atoms with van der Waals surface area (Å²) >= 11 is 0. The number of benzene rings is 2. The quantitative estimate of drug-likeness (QED) is 0.562. The van der Waals surface area contributed by atoms with E-state index < -0.39 is 0 Å². The van der Waals surface area contributed by atoms with Crippen molar-refractivity contribution in [2.45, 2.75) is 6.92 Å². The monoisotopic (exact) mass is 281 g/mol. The molecule has 1 aromatic heterocycles. The zero-order chi connectivity index (χ0) is 14.9. The first kappa shape index (κ1) is 13.7. The van der Waals surface area contributed by atoms with Gasteiger partial charge in [-0.1, -0.05) is 42.5 Å². The Balaban J connectivity index is 2.19. The van der Waals surface area contributed by atoms with Crippen molar-refractivity contribution in [2.24, 2.45) is 0 Å². The molecule has 0 saturated heterocycles. The highest BCUT2D eigenvalue weighted by Crippen LogP contribution is 2.37. The average Bonchev–Trinajstić information content (AvgIpc) is 2.87. The van der Waals surface area contributed by atoms with E-state index in [0.717, 1.165) is 34.5 Å². The summed E-state index contributed by atoms with van der Waals surface area (Å²) < 4.78 is 0.488. The normalized spacial score (nSPS) is 11.8. The van der Waals surface area contributed by atoms with Gasteiger partial charge in [-0.15, -0.1) is 4.65 Å². The van der Waals surface area contributed by atoms with Crippen LogP contribution in [0.25, 0.3) is 22.2 Å². The minimum Gasteiger partial charge on any atom is -0.351 e. The van der Waals surface area contributed by atoms with Gasteiger partial charge < -0.3 is 9.82 Å². The van der Waals surface area contributed by atoms with E-state index >= 15 is 0 Å². The molecule has 3 aromatic rings. The first-order chi connectivity index (χ1) is 10.1. The van der Waals surface area contributed by atoms with E-state index in [1.807, 2.05) is 30.3 Å². The number of nitrogens with one attached hydrogen (secondary N) is 1. The predicted molar refractivity (Wildman–Crippen MR) is 87.0 cm³/mol. The molecule has 0 atom stereocenters.